The summed E-state index contributed by atoms with van der Waals surface area (Å²) in [6.45, 7) is 1.58. The first-order valence-corrected chi connectivity index (χ1v) is 8.60. The van der Waals surface area contributed by atoms with Crippen molar-refractivity contribution in [2.24, 2.45) is 0 Å². The van der Waals surface area contributed by atoms with Gasteiger partial charge in [-0.2, -0.15) is 0 Å². The van der Waals surface area contributed by atoms with Crippen molar-refractivity contribution in [2.75, 3.05) is 6.56 Å². The third-order valence-electron chi connectivity index (χ3n) is 3.53. The molecule has 5 atom stereocenters. The second-order valence-electron chi connectivity index (χ2n) is 5.91. The number of rotatable bonds is 3. The topological polar surface area (TPSA) is 129 Å². The van der Waals surface area contributed by atoms with Crippen LogP contribution in [0, 0.1) is 0 Å². The summed E-state index contributed by atoms with van der Waals surface area (Å²) in [6.07, 6.45) is -4.42. The zero-order valence-electron chi connectivity index (χ0n) is 16.1. The van der Waals surface area contributed by atoms with Crippen LogP contribution in [0.5, 0.6) is 0 Å². The Morgan fingerprint density at radius 1 is 1.62 bits per heavy atom. The predicted octanol–water partition coefficient (Wildman–Crippen LogP) is 0.134. The number of hydrogen-bond donors (Lipinski definition) is 2. The number of aromatic amines is 1. The van der Waals surface area contributed by atoms with Gasteiger partial charge in [0.1, 0.15) is 17.8 Å². The number of H-pyrrole nitrogens is 1. The first-order chi connectivity index (χ1) is 12.3. The van der Waals surface area contributed by atoms with E-state index in [-0.39, 0.29) is 0 Å². The molecule has 0 aliphatic carbocycles. The van der Waals surface area contributed by atoms with Gasteiger partial charge in [-0.05, 0) is 20.8 Å². The monoisotopic (exact) mass is 365 g/mol. The molecule has 10 nitrogen and oxygen atoms in total. The summed E-state index contributed by atoms with van der Waals surface area (Å²) in [5.41, 5.74) is -3.99. The Bertz CT molecular complexity index is 914. The highest BCUT2D eigenvalue weighted by atomic mass is 31.2. The number of ether oxygens (including phenoxy) is 1. The van der Waals surface area contributed by atoms with E-state index in [2.05, 4.69) is 0 Å². The molecule has 0 aromatic carbocycles. The first kappa shape index (κ1) is 13.9. The molecule has 1 unspecified atom stereocenters. The normalized spacial score (nSPS) is 43.0. The van der Waals surface area contributed by atoms with Crippen LogP contribution in [0.1, 0.15) is 31.1 Å². The summed E-state index contributed by atoms with van der Waals surface area (Å²) in [5.74, 6) is 0. The number of nitrogens with one attached hydrogen (secondary N) is 1. The van der Waals surface area contributed by atoms with Gasteiger partial charge in [-0.3, -0.25) is 27.9 Å². The van der Waals surface area contributed by atoms with E-state index in [1.807, 2.05) is 4.98 Å². The first-order valence-electron chi connectivity index (χ1n) is 8.64. The standard InChI is InChI=1S/C13H19N2O8P/c1-7(2)22-24(19)20-6-8-10(23-24)13(3,18)11(21-8)15-5-4-9(16)14-12(15)17/h4-5,7-8,10-11,18H,6H2,1-3H3,(H,14,16,17)/t8-,10-,11-,13-,24?/m1/s1/i4D,6D2. The molecule has 0 radical (unpaired) electrons. The SMILES string of the molecule is [2H]c1cn([C@@H]2O[C@H]3[C@@H](OP(=O)(OC(C)C)OC3([2H])[2H])[C@@]2(C)O)c(=O)[nH]c1=O. The van der Waals surface area contributed by atoms with Crippen LogP contribution < -0.4 is 11.2 Å². The molecule has 2 aliphatic rings. The molecule has 0 spiro atoms. The maximum Gasteiger partial charge on any atom is 0.475 e. The highest BCUT2D eigenvalue weighted by Gasteiger charge is 2.60. The van der Waals surface area contributed by atoms with Gasteiger partial charge in [0.2, 0.25) is 0 Å². The van der Waals surface area contributed by atoms with E-state index < -0.39 is 61.8 Å². The molecular weight excluding hydrogens is 343 g/mol. The Labute approximate surface area is 141 Å². The molecule has 1 aromatic heterocycles. The summed E-state index contributed by atoms with van der Waals surface area (Å²) in [4.78, 5) is 25.4. The zero-order valence-corrected chi connectivity index (χ0v) is 14.0. The number of aliphatic hydroxyl groups is 1. The average Bonchev–Trinajstić information content (AvgIpc) is 2.73. The molecule has 1 aromatic rings. The van der Waals surface area contributed by atoms with Gasteiger partial charge >= 0.3 is 13.5 Å². The molecule has 3 rings (SSSR count). The van der Waals surface area contributed by atoms with Crippen molar-refractivity contribution in [2.45, 2.75) is 50.9 Å². The number of nitrogens with zero attached hydrogens (tertiary/aromatic N) is 1. The lowest BCUT2D eigenvalue weighted by Gasteiger charge is -2.35. The van der Waals surface area contributed by atoms with Gasteiger partial charge in [-0.15, -0.1) is 0 Å². The maximum atomic E-state index is 12.7. The number of phosphoric ester groups is 1. The minimum absolute atomic E-state index is 0.571. The van der Waals surface area contributed by atoms with Gasteiger partial charge in [0, 0.05) is 12.2 Å². The lowest BCUT2D eigenvalue weighted by atomic mass is 9.96. The fraction of sp³-hybridized carbons (Fsp3) is 0.692. The van der Waals surface area contributed by atoms with Crippen LogP contribution in [-0.4, -0.2) is 45.1 Å². The van der Waals surface area contributed by atoms with Crippen molar-refractivity contribution in [3.05, 3.63) is 33.1 Å². The average molecular weight is 365 g/mol. The molecule has 24 heavy (non-hydrogen) atoms. The van der Waals surface area contributed by atoms with Crippen molar-refractivity contribution in [3.63, 3.8) is 0 Å². The molecule has 134 valence electrons. The van der Waals surface area contributed by atoms with E-state index in [1.165, 1.54) is 20.8 Å². The molecule has 0 amide bonds. The summed E-state index contributed by atoms with van der Waals surface area (Å²) >= 11 is 0. The molecule has 2 N–H and O–H groups in total. The van der Waals surface area contributed by atoms with Crippen LogP contribution in [0.25, 0.3) is 0 Å². The fourth-order valence-electron chi connectivity index (χ4n) is 2.53. The largest absolute Gasteiger partial charge is 0.475 e. The molecule has 2 aliphatic heterocycles. The smallest absolute Gasteiger partial charge is 0.383 e. The molecule has 11 heteroatoms. The lowest BCUT2D eigenvalue weighted by molar-refractivity contribution is -0.0946. The minimum Gasteiger partial charge on any atom is -0.383 e. The van der Waals surface area contributed by atoms with Crippen LogP contribution in [0.15, 0.2) is 21.8 Å². The van der Waals surface area contributed by atoms with E-state index in [1.54, 1.807) is 0 Å². The van der Waals surface area contributed by atoms with E-state index >= 15 is 0 Å². The third kappa shape index (κ3) is 3.01. The quantitative estimate of drug-likeness (QED) is 0.724. The van der Waals surface area contributed by atoms with Gasteiger partial charge in [-0.1, -0.05) is 0 Å². The number of phosphoric acid groups is 1. The summed E-state index contributed by atoms with van der Waals surface area (Å²) in [6, 6.07) is -0.571. The second kappa shape index (κ2) is 5.91. The van der Waals surface area contributed by atoms with Gasteiger partial charge in [0.15, 0.2) is 6.23 Å². The Kier molecular flexibility index (Phi) is 3.43. The van der Waals surface area contributed by atoms with E-state index in [4.69, 9.17) is 22.4 Å². The van der Waals surface area contributed by atoms with Gasteiger partial charge < -0.3 is 9.84 Å². The van der Waals surface area contributed by atoms with Crippen LogP contribution >= 0.6 is 7.82 Å². The zero-order chi connectivity index (χ0) is 20.4. The summed E-state index contributed by atoms with van der Waals surface area (Å²) < 4.78 is 57.6. The molecule has 2 fully saturated rings. The molecule has 3 heterocycles. The Balaban J connectivity index is 2.05. The highest BCUT2D eigenvalue weighted by molar-refractivity contribution is 7.48. The maximum absolute atomic E-state index is 12.7. The van der Waals surface area contributed by atoms with Crippen LogP contribution in [0.2, 0.25) is 0 Å². The Hall–Kier alpha value is -1.29. The van der Waals surface area contributed by atoms with E-state index in [0.717, 1.165) is 10.8 Å². The molecular formula is C13H19N2O8P. The predicted molar refractivity (Wildman–Crippen MR) is 80.5 cm³/mol. The number of fused-ring (bicyclic) bond motifs is 1. The second-order valence-corrected chi connectivity index (χ2v) is 7.41. The Morgan fingerprint density at radius 3 is 3.00 bits per heavy atom. The Morgan fingerprint density at radius 2 is 2.33 bits per heavy atom. The van der Waals surface area contributed by atoms with E-state index in [0.29, 0.717) is 0 Å². The third-order valence-corrected chi connectivity index (χ3v) is 5.03. The van der Waals surface area contributed by atoms with Gasteiger partial charge in [-0.25, -0.2) is 9.36 Å². The van der Waals surface area contributed by atoms with Crippen LogP contribution in [0.4, 0.5) is 0 Å². The molecule has 0 bridgehead atoms. The lowest BCUT2D eigenvalue weighted by Crippen LogP contribution is -2.49. The summed E-state index contributed by atoms with van der Waals surface area (Å²) in [7, 11) is -4.39. The number of aromatic nitrogens is 2. The van der Waals surface area contributed by atoms with Crippen molar-refractivity contribution in [3.8, 4) is 0 Å². The molecule has 0 saturated carbocycles. The highest BCUT2D eigenvalue weighted by Crippen LogP contribution is 2.59. The van der Waals surface area contributed by atoms with Gasteiger partial charge in [0.05, 0.1) is 16.8 Å². The van der Waals surface area contributed by atoms with Crippen molar-refractivity contribution in [1.82, 2.24) is 9.55 Å². The minimum atomic E-state index is -4.39. The van der Waals surface area contributed by atoms with Crippen LogP contribution in [-0.2, 0) is 22.9 Å². The molecule has 2 saturated heterocycles. The number of hydrogen-bond acceptors (Lipinski definition) is 8. The van der Waals surface area contributed by atoms with Crippen LogP contribution in [0.3, 0.4) is 0 Å². The summed E-state index contributed by atoms with van der Waals surface area (Å²) in [5, 5.41) is 10.9. The van der Waals surface area contributed by atoms with Gasteiger partial charge in [0.25, 0.3) is 5.56 Å². The van der Waals surface area contributed by atoms with E-state index in [9.17, 15) is 19.3 Å². The van der Waals surface area contributed by atoms with Crippen molar-refractivity contribution >= 4 is 7.82 Å². The van der Waals surface area contributed by atoms with Crippen molar-refractivity contribution < 1.29 is 32.1 Å². The van der Waals surface area contributed by atoms with Crippen molar-refractivity contribution in [1.29, 1.82) is 0 Å². The fourth-order valence-corrected chi connectivity index (χ4v) is 4.02.